The molecule has 0 saturated carbocycles. The van der Waals surface area contributed by atoms with Gasteiger partial charge < -0.3 is 15.8 Å². The maximum Gasteiger partial charge on any atom is 0.254 e. The minimum atomic E-state index is -0.513. The van der Waals surface area contributed by atoms with Crippen molar-refractivity contribution in [3.05, 3.63) is 16.5 Å². The second-order valence-electron chi connectivity index (χ2n) is 4.56. The summed E-state index contributed by atoms with van der Waals surface area (Å²) in [5.41, 5.74) is 5.73. The first-order chi connectivity index (χ1) is 9.11. The Kier molecular flexibility index (Phi) is 4.55. The van der Waals surface area contributed by atoms with Crippen molar-refractivity contribution in [3.8, 4) is 0 Å². The summed E-state index contributed by atoms with van der Waals surface area (Å²) in [6.45, 7) is 2.68. The van der Waals surface area contributed by atoms with Gasteiger partial charge in [-0.15, -0.1) is 11.3 Å². The third-order valence-corrected chi connectivity index (χ3v) is 4.11. The van der Waals surface area contributed by atoms with Crippen molar-refractivity contribution in [2.45, 2.75) is 38.7 Å². The van der Waals surface area contributed by atoms with Gasteiger partial charge in [0.15, 0.2) is 0 Å². The van der Waals surface area contributed by atoms with Crippen LogP contribution in [-0.4, -0.2) is 24.5 Å². The van der Waals surface area contributed by atoms with E-state index in [2.05, 4.69) is 12.2 Å². The van der Waals surface area contributed by atoms with Crippen LogP contribution >= 0.6 is 11.3 Å². The van der Waals surface area contributed by atoms with Crippen LogP contribution in [0.2, 0.25) is 0 Å². The van der Waals surface area contributed by atoms with Crippen LogP contribution in [0.4, 0.5) is 5.00 Å². The van der Waals surface area contributed by atoms with E-state index in [1.54, 1.807) is 6.07 Å². The van der Waals surface area contributed by atoms with E-state index >= 15 is 0 Å². The van der Waals surface area contributed by atoms with Crippen LogP contribution in [0.1, 0.15) is 41.4 Å². The van der Waals surface area contributed by atoms with Crippen LogP contribution < -0.4 is 11.1 Å². The van der Waals surface area contributed by atoms with Crippen molar-refractivity contribution in [1.82, 2.24) is 0 Å². The number of hydrogen-bond donors (Lipinski definition) is 2. The van der Waals surface area contributed by atoms with Crippen LogP contribution in [0.3, 0.4) is 0 Å². The van der Waals surface area contributed by atoms with E-state index in [4.69, 9.17) is 10.5 Å². The van der Waals surface area contributed by atoms with Crippen molar-refractivity contribution < 1.29 is 14.3 Å². The Bertz CT molecular complexity index is 478. The summed E-state index contributed by atoms with van der Waals surface area (Å²) in [5.74, 6) is -0.703. The molecule has 5 nitrogen and oxygen atoms in total. The van der Waals surface area contributed by atoms with Gasteiger partial charge in [-0.25, -0.2) is 0 Å². The van der Waals surface area contributed by atoms with Gasteiger partial charge >= 0.3 is 0 Å². The minimum Gasteiger partial charge on any atom is -0.368 e. The lowest BCUT2D eigenvalue weighted by molar-refractivity contribution is -0.124. The Morgan fingerprint density at radius 3 is 2.95 bits per heavy atom. The summed E-state index contributed by atoms with van der Waals surface area (Å²) < 4.78 is 5.32. The molecule has 3 N–H and O–H groups in total. The maximum atomic E-state index is 12.0. The van der Waals surface area contributed by atoms with E-state index in [-0.39, 0.29) is 5.91 Å². The monoisotopic (exact) mass is 282 g/mol. The number of aryl methyl sites for hydroxylation is 1. The second kappa shape index (κ2) is 6.16. The third kappa shape index (κ3) is 3.33. The molecular formula is C13H18N2O3S. The van der Waals surface area contributed by atoms with Gasteiger partial charge in [0.25, 0.3) is 11.8 Å². The Balaban J connectivity index is 2.13. The number of carbonyl (C=O) groups is 2. The molecule has 0 radical (unpaired) electrons. The number of hydrogen-bond acceptors (Lipinski definition) is 4. The summed E-state index contributed by atoms with van der Waals surface area (Å²) in [7, 11) is 0. The summed E-state index contributed by atoms with van der Waals surface area (Å²) in [6, 6.07) is 1.77. The van der Waals surface area contributed by atoms with Gasteiger partial charge in [0.05, 0.1) is 5.56 Å². The Morgan fingerprint density at radius 2 is 2.37 bits per heavy atom. The Hall–Kier alpha value is -1.40. The molecule has 1 atom stereocenters. The average Bonchev–Trinajstić information content (AvgIpc) is 2.98. The molecule has 2 amide bonds. The molecule has 6 heteroatoms. The molecule has 0 aliphatic carbocycles. The number of rotatable bonds is 5. The molecule has 19 heavy (non-hydrogen) atoms. The fraction of sp³-hybridized carbons (Fsp3) is 0.538. The first-order valence-electron chi connectivity index (χ1n) is 6.46. The predicted octanol–water partition coefficient (Wildman–Crippen LogP) is 1.92. The SMILES string of the molecule is CCCc1cc(C(N)=O)c(NC(=O)[C@H]2CCCO2)s1. The first-order valence-corrected chi connectivity index (χ1v) is 7.28. The van der Waals surface area contributed by atoms with Gasteiger partial charge in [0.2, 0.25) is 0 Å². The molecule has 0 unspecified atom stereocenters. The highest BCUT2D eigenvalue weighted by Crippen LogP contribution is 2.29. The third-order valence-electron chi connectivity index (χ3n) is 3.00. The molecule has 1 aliphatic heterocycles. The number of amides is 2. The van der Waals surface area contributed by atoms with E-state index < -0.39 is 12.0 Å². The molecule has 2 heterocycles. The highest BCUT2D eigenvalue weighted by molar-refractivity contribution is 7.16. The molecule has 1 aromatic rings. The predicted molar refractivity (Wildman–Crippen MR) is 74.4 cm³/mol. The number of nitrogens with one attached hydrogen (secondary N) is 1. The standard InChI is InChI=1S/C13H18N2O3S/c1-2-4-8-7-9(11(14)16)13(19-8)15-12(17)10-5-3-6-18-10/h7,10H,2-6H2,1H3,(H2,14,16)(H,15,17)/t10-/m1/s1. The van der Waals surface area contributed by atoms with Crippen molar-refractivity contribution in [2.75, 3.05) is 11.9 Å². The molecule has 2 rings (SSSR count). The highest BCUT2D eigenvalue weighted by Gasteiger charge is 2.25. The number of anilines is 1. The van der Waals surface area contributed by atoms with Crippen LogP contribution in [0.5, 0.6) is 0 Å². The fourth-order valence-corrected chi connectivity index (χ4v) is 3.23. The molecular weight excluding hydrogens is 264 g/mol. The summed E-state index contributed by atoms with van der Waals surface area (Å²) in [6.07, 6.45) is 3.08. The molecule has 1 fully saturated rings. The van der Waals surface area contributed by atoms with Crippen LogP contribution in [0.25, 0.3) is 0 Å². The fourth-order valence-electron chi connectivity index (χ4n) is 2.06. The molecule has 0 bridgehead atoms. The number of carbonyl (C=O) groups excluding carboxylic acids is 2. The van der Waals surface area contributed by atoms with E-state index in [1.165, 1.54) is 11.3 Å². The van der Waals surface area contributed by atoms with Crippen molar-refractivity contribution in [3.63, 3.8) is 0 Å². The van der Waals surface area contributed by atoms with Gasteiger partial charge in [0.1, 0.15) is 11.1 Å². The van der Waals surface area contributed by atoms with Gasteiger partial charge in [-0.05, 0) is 25.3 Å². The normalized spacial score (nSPS) is 18.5. The zero-order valence-electron chi connectivity index (χ0n) is 10.9. The Labute approximate surface area is 116 Å². The largest absolute Gasteiger partial charge is 0.368 e. The number of ether oxygens (including phenoxy) is 1. The topological polar surface area (TPSA) is 81.4 Å². The molecule has 0 spiro atoms. The number of primary amides is 1. The van der Waals surface area contributed by atoms with E-state index in [9.17, 15) is 9.59 Å². The van der Waals surface area contributed by atoms with Crippen molar-refractivity contribution in [2.24, 2.45) is 5.73 Å². The molecule has 1 aromatic heterocycles. The van der Waals surface area contributed by atoms with E-state index in [1.807, 2.05) is 0 Å². The number of thiophene rings is 1. The lowest BCUT2D eigenvalue weighted by atomic mass is 10.2. The van der Waals surface area contributed by atoms with Crippen LogP contribution in [0, 0.1) is 0 Å². The van der Waals surface area contributed by atoms with E-state index in [0.717, 1.165) is 30.6 Å². The Morgan fingerprint density at radius 1 is 1.58 bits per heavy atom. The highest BCUT2D eigenvalue weighted by atomic mass is 32.1. The van der Waals surface area contributed by atoms with Gasteiger partial charge in [-0.1, -0.05) is 13.3 Å². The van der Waals surface area contributed by atoms with Crippen molar-refractivity contribution >= 4 is 28.2 Å². The summed E-state index contributed by atoms with van der Waals surface area (Å²) >= 11 is 1.41. The van der Waals surface area contributed by atoms with E-state index in [0.29, 0.717) is 17.2 Å². The summed E-state index contributed by atoms with van der Waals surface area (Å²) in [4.78, 5) is 24.4. The zero-order chi connectivity index (χ0) is 13.8. The first kappa shape index (κ1) is 14.0. The van der Waals surface area contributed by atoms with Crippen LogP contribution in [-0.2, 0) is 16.0 Å². The summed E-state index contributed by atoms with van der Waals surface area (Å²) in [5, 5.41) is 3.30. The number of nitrogens with two attached hydrogens (primary N) is 1. The lowest BCUT2D eigenvalue weighted by Crippen LogP contribution is -2.27. The molecule has 0 aromatic carbocycles. The minimum absolute atomic E-state index is 0.190. The van der Waals surface area contributed by atoms with Crippen LogP contribution in [0.15, 0.2) is 6.07 Å². The van der Waals surface area contributed by atoms with Gasteiger partial charge in [-0.3, -0.25) is 9.59 Å². The average molecular weight is 282 g/mol. The second-order valence-corrected chi connectivity index (χ2v) is 5.70. The zero-order valence-corrected chi connectivity index (χ0v) is 11.7. The molecule has 1 saturated heterocycles. The molecule has 1 aliphatic rings. The smallest absolute Gasteiger partial charge is 0.254 e. The quantitative estimate of drug-likeness (QED) is 0.865. The van der Waals surface area contributed by atoms with Gasteiger partial charge in [-0.2, -0.15) is 0 Å². The van der Waals surface area contributed by atoms with Crippen molar-refractivity contribution in [1.29, 1.82) is 0 Å². The van der Waals surface area contributed by atoms with Gasteiger partial charge in [0, 0.05) is 11.5 Å². The lowest BCUT2D eigenvalue weighted by Gasteiger charge is -2.09. The maximum absolute atomic E-state index is 12.0. The molecule has 104 valence electrons.